The van der Waals surface area contributed by atoms with Crippen LogP contribution in [0.25, 0.3) is 0 Å². The van der Waals surface area contributed by atoms with Crippen molar-refractivity contribution < 1.29 is 9.53 Å². The second-order valence-electron chi connectivity index (χ2n) is 7.01. The molecule has 1 amide bonds. The summed E-state index contributed by atoms with van der Waals surface area (Å²) in [5.41, 5.74) is 2.96. The highest BCUT2D eigenvalue weighted by Gasteiger charge is 2.20. The predicted octanol–water partition coefficient (Wildman–Crippen LogP) is 3.80. The zero-order chi connectivity index (χ0) is 21.0. The summed E-state index contributed by atoms with van der Waals surface area (Å²) in [6.45, 7) is 3.85. The fourth-order valence-corrected chi connectivity index (χ4v) is 2.97. The molecule has 3 rings (SSSR count). The molecule has 1 unspecified atom stereocenters. The largest absolute Gasteiger partial charge is 0.494 e. The van der Waals surface area contributed by atoms with Crippen LogP contribution in [0.5, 0.6) is 5.75 Å². The minimum absolute atomic E-state index is 0.0829. The molecule has 6 nitrogen and oxygen atoms in total. The first kappa shape index (κ1) is 21.5. The Morgan fingerprint density at radius 2 is 1.50 bits per heavy atom. The van der Waals surface area contributed by atoms with Gasteiger partial charge in [0.1, 0.15) is 11.8 Å². The van der Waals surface area contributed by atoms with Gasteiger partial charge in [0, 0.05) is 37.9 Å². The smallest absolute Gasteiger partial charge is 0.242 e. The van der Waals surface area contributed by atoms with E-state index >= 15 is 0 Å². The quantitative estimate of drug-likeness (QED) is 0.476. The number of hydrogen-bond acceptors (Lipinski definition) is 5. The van der Waals surface area contributed by atoms with E-state index in [2.05, 4.69) is 27.5 Å². The zero-order valence-corrected chi connectivity index (χ0v) is 17.3. The summed E-state index contributed by atoms with van der Waals surface area (Å²) in [7, 11) is 0. The van der Waals surface area contributed by atoms with Crippen LogP contribution in [-0.2, 0) is 17.9 Å². The number of ether oxygens (including phenoxy) is 1. The maximum absolute atomic E-state index is 13.0. The van der Waals surface area contributed by atoms with E-state index in [-0.39, 0.29) is 5.91 Å². The Bertz CT molecular complexity index is 886. The van der Waals surface area contributed by atoms with Crippen molar-refractivity contribution in [3.63, 3.8) is 0 Å². The summed E-state index contributed by atoms with van der Waals surface area (Å²) in [5.74, 6) is 0.734. The first-order valence-electron chi connectivity index (χ1n) is 10.3. The van der Waals surface area contributed by atoms with Crippen molar-refractivity contribution in [1.82, 2.24) is 20.6 Å². The molecule has 3 aromatic rings. The number of amides is 1. The monoisotopic (exact) mass is 404 g/mol. The zero-order valence-electron chi connectivity index (χ0n) is 17.3. The number of nitrogens with one attached hydrogen (secondary N) is 2. The van der Waals surface area contributed by atoms with E-state index in [9.17, 15) is 4.79 Å². The lowest BCUT2D eigenvalue weighted by atomic mass is 10.0. The molecule has 156 valence electrons. The number of rotatable bonds is 11. The third kappa shape index (κ3) is 6.67. The molecule has 0 bridgehead atoms. The van der Waals surface area contributed by atoms with Crippen molar-refractivity contribution in [1.29, 1.82) is 0 Å². The molecular weight excluding hydrogens is 376 g/mol. The third-order valence-corrected chi connectivity index (χ3v) is 4.72. The van der Waals surface area contributed by atoms with Crippen LogP contribution < -0.4 is 15.4 Å². The standard InChI is InChI=1S/C24H28N4O2/c1-2-3-16-30-22-6-4-21(5-7-22)23(27-17-19-8-12-25-13-9-19)24(29)28-18-20-10-14-26-15-11-20/h4-15,23,27H,2-3,16-18H2,1H3,(H,28,29). The van der Waals surface area contributed by atoms with Gasteiger partial charge in [0.05, 0.1) is 6.61 Å². The second kappa shape index (κ2) is 11.7. The second-order valence-corrected chi connectivity index (χ2v) is 7.01. The number of carbonyl (C=O) groups excluding carboxylic acids is 1. The molecule has 30 heavy (non-hydrogen) atoms. The van der Waals surface area contributed by atoms with E-state index < -0.39 is 6.04 Å². The van der Waals surface area contributed by atoms with Crippen molar-refractivity contribution in [2.75, 3.05) is 6.61 Å². The molecule has 2 heterocycles. The molecule has 0 aliphatic carbocycles. The van der Waals surface area contributed by atoms with Crippen molar-refractivity contribution in [2.24, 2.45) is 0 Å². The van der Waals surface area contributed by atoms with Gasteiger partial charge in [-0.1, -0.05) is 25.5 Å². The highest BCUT2D eigenvalue weighted by Crippen LogP contribution is 2.19. The first-order chi connectivity index (χ1) is 14.8. The minimum atomic E-state index is -0.482. The SMILES string of the molecule is CCCCOc1ccc(C(NCc2ccncc2)C(=O)NCc2ccncc2)cc1. The summed E-state index contributed by atoms with van der Waals surface area (Å²) >= 11 is 0. The van der Waals surface area contributed by atoms with E-state index in [1.54, 1.807) is 24.8 Å². The van der Waals surface area contributed by atoms with E-state index in [1.165, 1.54) is 0 Å². The number of hydrogen-bond donors (Lipinski definition) is 2. The van der Waals surface area contributed by atoms with Crippen molar-refractivity contribution >= 4 is 5.91 Å². The minimum Gasteiger partial charge on any atom is -0.494 e. The van der Waals surface area contributed by atoms with Crippen LogP contribution in [-0.4, -0.2) is 22.5 Å². The van der Waals surface area contributed by atoms with Crippen LogP contribution >= 0.6 is 0 Å². The number of benzene rings is 1. The lowest BCUT2D eigenvalue weighted by Crippen LogP contribution is -2.37. The van der Waals surface area contributed by atoms with Crippen LogP contribution in [0.4, 0.5) is 0 Å². The number of aromatic nitrogens is 2. The van der Waals surface area contributed by atoms with Crippen LogP contribution in [0.2, 0.25) is 0 Å². The van der Waals surface area contributed by atoms with Crippen molar-refractivity contribution in [2.45, 2.75) is 38.9 Å². The fraction of sp³-hybridized carbons (Fsp3) is 0.292. The number of nitrogens with zero attached hydrogens (tertiary/aromatic N) is 2. The topological polar surface area (TPSA) is 76.1 Å². The third-order valence-electron chi connectivity index (χ3n) is 4.72. The maximum atomic E-state index is 13.0. The first-order valence-corrected chi connectivity index (χ1v) is 10.3. The average Bonchev–Trinajstić information content (AvgIpc) is 2.80. The Hall–Kier alpha value is -3.25. The molecule has 0 saturated heterocycles. The Labute approximate surface area is 177 Å². The number of carbonyl (C=O) groups is 1. The molecule has 6 heteroatoms. The van der Waals surface area contributed by atoms with Gasteiger partial charge >= 0.3 is 0 Å². The van der Waals surface area contributed by atoms with Crippen LogP contribution in [0.15, 0.2) is 73.3 Å². The van der Waals surface area contributed by atoms with Crippen LogP contribution in [0.3, 0.4) is 0 Å². The number of unbranched alkanes of at least 4 members (excludes halogenated alkanes) is 1. The molecule has 0 saturated carbocycles. The molecule has 1 aromatic carbocycles. The lowest BCUT2D eigenvalue weighted by Gasteiger charge is -2.19. The molecule has 0 spiro atoms. The Balaban J connectivity index is 1.68. The van der Waals surface area contributed by atoms with Gasteiger partial charge in [-0.2, -0.15) is 0 Å². The van der Waals surface area contributed by atoms with E-state index in [4.69, 9.17) is 4.74 Å². The highest BCUT2D eigenvalue weighted by molar-refractivity contribution is 5.83. The van der Waals surface area contributed by atoms with E-state index in [0.29, 0.717) is 19.7 Å². The molecular formula is C24H28N4O2. The maximum Gasteiger partial charge on any atom is 0.242 e. The van der Waals surface area contributed by atoms with Crippen molar-refractivity contribution in [3.05, 3.63) is 90.0 Å². The summed E-state index contributed by atoms with van der Waals surface area (Å²) in [6, 6.07) is 14.9. The van der Waals surface area contributed by atoms with Gasteiger partial charge in [-0.15, -0.1) is 0 Å². The van der Waals surface area contributed by atoms with Crippen LogP contribution in [0.1, 0.15) is 42.5 Å². The van der Waals surface area contributed by atoms with Gasteiger partial charge in [0.2, 0.25) is 5.91 Å². The summed E-state index contributed by atoms with van der Waals surface area (Å²) in [6.07, 6.45) is 9.05. The molecule has 0 aliphatic heterocycles. The van der Waals surface area contributed by atoms with E-state index in [1.807, 2.05) is 48.5 Å². The summed E-state index contributed by atoms with van der Waals surface area (Å²) in [5, 5.41) is 6.38. The molecule has 0 aliphatic rings. The number of pyridine rings is 2. The fourth-order valence-electron chi connectivity index (χ4n) is 2.97. The van der Waals surface area contributed by atoms with Crippen molar-refractivity contribution in [3.8, 4) is 5.75 Å². The van der Waals surface area contributed by atoms with Crippen LogP contribution in [0, 0.1) is 0 Å². The molecule has 2 N–H and O–H groups in total. The van der Waals surface area contributed by atoms with Gasteiger partial charge in [-0.3, -0.25) is 20.1 Å². The van der Waals surface area contributed by atoms with Gasteiger partial charge in [0.25, 0.3) is 0 Å². The Morgan fingerprint density at radius 3 is 2.10 bits per heavy atom. The molecule has 1 atom stereocenters. The predicted molar refractivity (Wildman–Crippen MR) is 117 cm³/mol. The Kier molecular flexibility index (Phi) is 8.35. The average molecular weight is 405 g/mol. The summed E-state index contributed by atoms with van der Waals surface area (Å²) < 4.78 is 5.74. The molecule has 0 fully saturated rings. The lowest BCUT2D eigenvalue weighted by molar-refractivity contribution is -0.123. The highest BCUT2D eigenvalue weighted by atomic mass is 16.5. The van der Waals surface area contributed by atoms with Gasteiger partial charge < -0.3 is 10.1 Å². The van der Waals surface area contributed by atoms with Gasteiger partial charge in [-0.25, -0.2) is 0 Å². The van der Waals surface area contributed by atoms with E-state index in [0.717, 1.165) is 35.3 Å². The van der Waals surface area contributed by atoms with Gasteiger partial charge in [-0.05, 0) is 59.5 Å². The molecule has 2 aromatic heterocycles. The normalized spacial score (nSPS) is 11.6. The van der Waals surface area contributed by atoms with Gasteiger partial charge in [0.15, 0.2) is 0 Å². The summed E-state index contributed by atoms with van der Waals surface area (Å²) in [4.78, 5) is 21.1. The molecule has 0 radical (unpaired) electrons. The Morgan fingerprint density at radius 1 is 0.900 bits per heavy atom.